The second-order valence-electron chi connectivity index (χ2n) is 4.91. The van der Waals surface area contributed by atoms with Gasteiger partial charge < -0.3 is 10.6 Å². The molecule has 2 aromatic carbocycles. The van der Waals surface area contributed by atoms with Gasteiger partial charge in [-0.3, -0.25) is 4.79 Å². The molecular formula is C17H19FN2O. The fourth-order valence-corrected chi connectivity index (χ4v) is 2.12. The van der Waals surface area contributed by atoms with Crippen molar-refractivity contribution in [3.05, 3.63) is 65.0 Å². The molecule has 2 N–H and O–H groups in total. The van der Waals surface area contributed by atoms with Gasteiger partial charge in [-0.25, -0.2) is 4.39 Å². The number of hydrogen-bond acceptors (Lipinski definition) is 2. The van der Waals surface area contributed by atoms with E-state index in [1.807, 2.05) is 31.2 Å². The number of carbonyl (C=O) groups is 1. The van der Waals surface area contributed by atoms with Crippen LogP contribution in [0.5, 0.6) is 0 Å². The van der Waals surface area contributed by atoms with Gasteiger partial charge in [-0.2, -0.15) is 0 Å². The van der Waals surface area contributed by atoms with Crippen molar-refractivity contribution in [2.24, 2.45) is 0 Å². The minimum absolute atomic E-state index is 0.304. The molecule has 110 valence electrons. The number of rotatable bonds is 5. The molecule has 0 saturated carbocycles. The average Bonchev–Trinajstić information content (AvgIpc) is 2.45. The van der Waals surface area contributed by atoms with Gasteiger partial charge in [0.25, 0.3) is 5.91 Å². The smallest absolute Gasteiger partial charge is 0.255 e. The molecule has 0 fully saturated rings. The molecule has 0 atom stereocenters. The molecule has 0 aromatic heterocycles. The monoisotopic (exact) mass is 286 g/mol. The van der Waals surface area contributed by atoms with Gasteiger partial charge in [-0.15, -0.1) is 0 Å². The van der Waals surface area contributed by atoms with Gasteiger partial charge in [0.15, 0.2) is 0 Å². The molecule has 0 heterocycles. The maximum atomic E-state index is 13.4. The van der Waals surface area contributed by atoms with Crippen LogP contribution in [-0.4, -0.2) is 12.5 Å². The Morgan fingerprint density at radius 3 is 2.67 bits per heavy atom. The Kier molecular flexibility index (Phi) is 5.06. The standard InChI is InChI=1S/C17H19FN2O/c1-3-19-11-13-6-4-5-7-16(13)20-17(21)14-8-12(2)9-15(18)10-14/h4-10,19H,3,11H2,1-2H3,(H,20,21). The first-order chi connectivity index (χ1) is 10.1. The Bertz CT molecular complexity index is 620. The molecule has 2 rings (SSSR count). The minimum atomic E-state index is -0.402. The number of anilines is 1. The van der Waals surface area contributed by atoms with Crippen molar-refractivity contribution in [2.45, 2.75) is 20.4 Å². The van der Waals surface area contributed by atoms with Crippen molar-refractivity contribution >= 4 is 11.6 Å². The molecule has 21 heavy (non-hydrogen) atoms. The van der Waals surface area contributed by atoms with E-state index in [0.717, 1.165) is 23.4 Å². The van der Waals surface area contributed by atoms with Crippen LogP contribution >= 0.6 is 0 Å². The van der Waals surface area contributed by atoms with Crippen molar-refractivity contribution in [2.75, 3.05) is 11.9 Å². The van der Waals surface area contributed by atoms with E-state index in [0.29, 0.717) is 12.1 Å². The zero-order chi connectivity index (χ0) is 15.2. The molecular weight excluding hydrogens is 267 g/mol. The van der Waals surface area contributed by atoms with E-state index >= 15 is 0 Å². The number of aryl methyl sites for hydroxylation is 1. The molecule has 0 bridgehead atoms. The third-order valence-corrected chi connectivity index (χ3v) is 3.14. The van der Waals surface area contributed by atoms with Gasteiger partial charge in [-0.1, -0.05) is 25.1 Å². The maximum Gasteiger partial charge on any atom is 0.255 e. The van der Waals surface area contributed by atoms with E-state index in [1.54, 1.807) is 13.0 Å². The van der Waals surface area contributed by atoms with E-state index in [9.17, 15) is 9.18 Å². The Balaban J connectivity index is 2.19. The summed E-state index contributed by atoms with van der Waals surface area (Å²) in [7, 11) is 0. The molecule has 0 aliphatic rings. The highest BCUT2D eigenvalue weighted by molar-refractivity contribution is 6.04. The number of hydrogen-bond donors (Lipinski definition) is 2. The second-order valence-corrected chi connectivity index (χ2v) is 4.91. The van der Waals surface area contributed by atoms with Gasteiger partial charge in [0, 0.05) is 17.8 Å². The zero-order valence-corrected chi connectivity index (χ0v) is 12.2. The van der Waals surface area contributed by atoms with E-state index < -0.39 is 5.82 Å². The Hall–Kier alpha value is -2.20. The highest BCUT2D eigenvalue weighted by Gasteiger charge is 2.10. The van der Waals surface area contributed by atoms with Gasteiger partial charge in [0.2, 0.25) is 0 Å². The summed E-state index contributed by atoms with van der Waals surface area (Å²) in [4.78, 5) is 12.2. The summed E-state index contributed by atoms with van der Waals surface area (Å²) < 4.78 is 13.4. The zero-order valence-electron chi connectivity index (χ0n) is 12.2. The van der Waals surface area contributed by atoms with E-state index in [2.05, 4.69) is 10.6 Å². The van der Waals surface area contributed by atoms with Crippen molar-refractivity contribution in [1.29, 1.82) is 0 Å². The summed E-state index contributed by atoms with van der Waals surface area (Å²) >= 11 is 0. The number of benzene rings is 2. The summed E-state index contributed by atoms with van der Waals surface area (Å²) in [6, 6.07) is 11.9. The van der Waals surface area contributed by atoms with Crippen molar-refractivity contribution in [3.63, 3.8) is 0 Å². The average molecular weight is 286 g/mol. The van der Waals surface area contributed by atoms with Gasteiger partial charge >= 0.3 is 0 Å². The third kappa shape index (κ3) is 4.13. The van der Waals surface area contributed by atoms with Crippen LogP contribution in [0.1, 0.15) is 28.4 Å². The Morgan fingerprint density at radius 2 is 1.95 bits per heavy atom. The molecule has 0 saturated heterocycles. The lowest BCUT2D eigenvalue weighted by Crippen LogP contribution is -2.17. The summed E-state index contributed by atoms with van der Waals surface area (Å²) in [6.45, 7) is 5.32. The second kappa shape index (κ2) is 6.99. The molecule has 0 aliphatic carbocycles. The summed E-state index contributed by atoms with van der Waals surface area (Å²) in [5, 5.41) is 6.07. The van der Waals surface area contributed by atoms with Crippen LogP contribution in [0.15, 0.2) is 42.5 Å². The SMILES string of the molecule is CCNCc1ccccc1NC(=O)c1cc(C)cc(F)c1. The first kappa shape index (κ1) is 15.2. The normalized spacial score (nSPS) is 10.4. The topological polar surface area (TPSA) is 41.1 Å². The largest absolute Gasteiger partial charge is 0.322 e. The Labute approximate surface area is 124 Å². The fourth-order valence-electron chi connectivity index (χ4n) is 2.12. The summed E-state index contributed by atoms with van der Waals surface area (Å²) in [5.41, 5.74) is 2.79. The molecule has 0 radical (unpaired) electrons. The van der Waals surface area contributed by atoms with Crippen LogP contribution in [0.25, 0.3) is 0 Å². The predicted octanol–water partition coefficient (Wildman–Crippen LogP) is 3.50. The number of halogens is 1. The fraction of sp³-hybridized carbons (Fsp3) is 0.235. The summed E-state index contributed by atoms with van der Waals surface area (Å²) in [6.07, 6.45) is 0. The first-order valence-electron chi connectivity index (χ1n) is 6.97. The van der Waals surface area contributed by atoms with Crippen LogP contribution < -0.4 is 10.6 Å². The molecule has 0 aliphatic heterocycles. The number of para-hydroxylation sites is 1. The third-order valence-electron chi connectivity index (χ3n) is 3.14. The highest BCUT2D eigenvalue weighted by atomic mass is 19.1. The maximum absolute atomic E-state index is 13.4. The summed E-state index contributed by atoms with van der Waals surface area (Å²) in [5.74, 6) is -0.706. The lowest BCUT2D eigenvalue weighted by atomic mass is 10.1. The van der Waals surface area contributed by atoms with Crippen molar-refractivity contribution in [3.8, 4) is 0 Å². The van der Waals surface area contributed by atoms with Crippen LogP contribution in [0.2, 0.25) is 0 Å². The van der Waals surface area contributed by atoms with Crippen molar-refractivity contribution < 1.29 is 9.18 Å². The quantitative estimate of drug-likeness (QED) is 0.883. The lowest BCUT2D eigenvalue weighted by molar-refractivity contribution is 0.102. The van der Waals surface area contributed by atoms with Crippen LogP contribution in [0.3, 0.4) is 0 Å². The number of carbonyl (C=O) groups excluding carboxylic acids is 1. The van der Waals surface area contributed by atoms with E-state index in [1.165, 1.54) is 12.1 Å². The molecule has 0 spiro atoms. The number of nitrogens with one attached hydrogen (secondary N) is 2. The van der Waals surface area contributed by atoms with Gasteiger partial charge in [0.05, 0.1) is 0 Å². The molecule has 2 aromatic rings. The molecule has 4 heteroatoms. The molecule has 3 nitrogen and oxygen atoms in total. The highest BCUT2D eigenvalue weighted by Crippen LogP contribution is 2.17. The van der Waals surface area contributed by atoms with Gasteiger partial charge in [-0.05, 0) is 48.9 Å². The number of amides is 1. The Morgan fingerprint density at radius 1 is 1.19 bits per heavy atom. The van der Waals surface area contributed by atoms with Crippen LogP contribution in [0.4, 0.5) is 10.1 Å². The lowest BCUT2D eigenvalue weighted by Gasteiger charge is -2.11. The van der Waals surface area contributed by atoms with E-state index in [-0.39, 0.29) is 5.91 Å². The van der Waals surface area contributed by atoms with Crippen LogP contribution in [-0.2, 0) is 6.54 Å². The minimum Gasteiger partial charge on any atom is -0.322 e. The predicted molar refractivity (Wildman–Crippen MR) is 82.9 cm³/mol. The molecule has 1 amide bonds. The molecule has 0 unspecified atom stereocenters. The van der Waals surface area contributed by atoms with Crippen LogP contribution in [0, 0.1) is 12.7 Å². The first-order valence-corrected chi connectivity index (χ1v) is 6.97. The van der Waals surface area contributed by atoms with Crippen molar-refractivity contribution in [1.82, 2.24) is 5.32 Å². The van der Waals surface area contributed by atoms with E-state index in [4.69, 9.17) is 0 Å². The van der Waals surface area contributed by atoms with Gasteiger partial charge in [0.1, 0.15) is 5.82 Å².